The molecular formula is C22H18O. The van der Waals surface area contributed by atoms with Crippen LogP contribution in [0.15, 0.2) is 78.9 Å². The fourth-order valence-electron chi connectivity index (χ4n) is 3.12. The lowest BCUT2D eigenvalue weighted by Gasteiger charge is -2.10. The number of ether oxygens (including phenoxy) is 1. The van der Waals surface area contributed by atoms with Crippen molar-refractivity contribution in [2.75, 3.05) is 6.61 Å². The molecule has 0 N–H and O–H groups in total. The van der Waals surface area contributed by atoms with Gasteiger partial charge in [-0.2, -0.15) is 0 Å². The Morgan fingerprint density at radius 2 is 1.39 bits per heavy atom. The van der Waals surface area contributed by atoms with Crippen molar-refractivity contribution in [2.45, 2.75) is 6.92 Å². The van der Waals surface area contributed by atoms with E-state index in [1.165, 1.54) is 32.7 Å². The third-order valence-electron chi connectivity index (χ3n) is 4.22. The minimum Gasteiger partial charge on any atom is -0.494 e. The van der Waals surface area contributed by atoms with E-state index in [9.17, 15) is 0 Å². The Balaban J connectivity index is 1.90. The van der Waals surface area contributed by atoms with Crippen LogP contribution in [0.2, 0.25) is 0 Å². The van der Waals surface area contributed by atoms with Crippen molar-refractivity contribution in [1.29, 1.82) is 0 Å². The fourth-order valence-corrected chi connectivity index (χ4v) is 3.12. The summed E-state index contributed by atoms with van der Waals surface area (Å²) in [5.74, 6) is 0.918. The maximum absolute atomic E-state index is 5.54. The molecule has 1 heteroatoms. The second kappa shape index (κ2) is 5.77. The first kappa shape index (κ1) is 13.8. The van der Waals surface area contributed by atoms with Gasteiger partial charge in [0.15, 0.2) is 0 Å². The molecule has 0 bridgehead atoms. The number of hydrogen-bond acceptors (Lipinski definition) is 1. The van der Waals surface area contributed by atoms with E-state index in [0.717, 1.165) is 5.75 Å². The van der Waals surface area contributed by atoms with E-state index in [4.69, 9.17) is 4.74 Å². The first-order chi connectivity index (χ1) is 11.3. The normalized spacial score (nSPS) is 11.0. The van der Waals surface area contributed by atoms with Gasteiger partial charge < -0.3 is 4.74 Å². The Morgan fingerprint density at radius 3 is 2.13 bits per heavy atom. The first-order valence-electron chi connectivity index (χ1n) is 8.00. The molecule has 0 saturated heterocycles. The van der Waals surface area contributed by atoms with Crippen LogP contribution in [0.4, 0.5) is 0 Å². The Morgan fingerprint density at radius 1 is 0.696 bits per heavy atom. The van der Waals surface area contributed by atoms with Gasteiger partial charge >= 0.3 is 0 Å². The predicted molar refractivity (Wildman–Crippen MR) is 98.1 cm³/mol. The van der Waals surface area contributed by atoms with Crippen LogP contribution < -0.4 is 4.74 Å². The summed E-state index contributed by atoms with van der Waals surface area (Å²) in [5.41, 5.74) is 2.48. The Bertz CT molecular complexity index is 968. The van der Waals surface area contributed by atoms with E-state index in [1.54, 1.807) is 0 Å². The van der Waals surface area contributed by atoms with Gasteiger partial charge in [-0.3, -0.25) is 0 Å². The van der Waals surface area contributed by atoms with Crippen LogP contribution in [0.1, 0.15) is 6.92 Å². The van der Waals surface area contributed by atoms with Crippen LogP contribution in [0.5, 0.6) is 5.75 Å². The number of hydrogen-bond donors (Lipinski definition) is 0. The van der Waals surface area contributed by atoms with Crippen molar-refractivity contribution in [2.24, 2.45) is 0 Å². The molecule has 0 aliphatic heterocycles. The van der Waals surface area contributed by atoms with Gasteiger partial charge in [-0.05, 0) is 63.9 Å². The molecular weight excluding hydrogens is 280 g/mol. The lowest BCUT2D eigenvalue weighted by Crippen LogP contribution is -1.90. The summed E-state index contributed by atoms with van der Waals surface area (Å²) in [5, 5.41) is 5.12. The number of benzene rings is 4. The molecule has 0 radical (unpaired) electrons. The zero-order valence-electron chi connectivity index (χ0n) is 13.1. The van der Waals surface area contributed by atoms with Gasteiger partial charge in [0, 0.05) is 0 Å². The maximum atomic E-state index is 5.54. The zero-order valence-corrected chi connectivity index (χ0v) is 13.1. The van der Waals surface area contributed by atoms with Crippen molar-refractivity contribution >= 4 is 21.5 Å². The summed E-state index contributed by atoms with van der Waals surface area (Å²) in [4.78, 5) is 0. The summed E-state index contributed by atoms with van der Waals surface area (Å²) in [6.45, 7) is 2.70. The lowest BCUT2D eigenvalue weighted by atomic mass is 9.95. The summed E-state index contributed by atoms with van der Waals surface area (Å²) in [7, 11) is 0. The van der Waals surface area contributed by atoms with Crippen LogP contribution in [0.25, 0.3) is 32.7 Å². The molecule has 0 amide bonds. The van der Waals surface area contributed by atoms with E-state index in [-0.39, 0.29) is 0 Å². The second-order valence-electron chi connectivity index (χ2n) is 5.68. The van der Waals surface area contributed by atoms with Crippen LogP contribution in [0, 0.1) is 0 Å². The Hall–Kier alpha value is -2.80. The molecule has 23 heavy (non-hydrogen) atoms. The Labute approximate surface area is 136 Å². The van der Waals surface area contributed by atoms with Gasteiger partial charge in [0.05, 0.1) is 6.61 Å². The molecule has 112 valence electrons. The highest BCUT2D eigenvalue weighted by Crippen LogP contribution is 2.32. The van der Waals surface area contributed by atoms with Gasteiger partial charge in [-0.15, -0.1) is 0 Å². The van der Waals surface area contributed by atoms with Crippen LogP contribution in [-0.4, -0.2) is 6.61 Å². The largest absolute Gasteiger partial charge is 0.494 e. The van der Waals surface area contributed by atoms with Crippen LogP contribution >= 0.6 is 0 Å². The molecule has 0 atom stereocenters. The van der Waals surface area contributed by atoms with Gasteiger partial charge in [0.25, 0.3) is 0 Å². The molecule has 0 spiro atoms. The molecule has 4 aromatic carbocycles. The Kier molecular flexibility index (Phi) is 3.47. The summed E-state index contributed by atoms with van der Waals surface area (Å²) in [6, 6.07) is 27.9. The molecule has 0 heterocycles. The van der Waals surface area contributed by atoms with Crippen molar-refractivity contribution in [3.8, 4) is 16.9 Å². The highest BCUT2D eigenvalue weighted by Gasteiger charge is 2.05. The fraction of sp³-hybridized carbons (Fsp3) is 0.0909. The molecule has 0 aliphatic rings. The van der Waals surface area contributed by atoms with Gasteiger partial charge in [-0.1, -0.05) is 54.6 Å². The maximum Gasteiger partial charge on any atom is 0.119 e. The zero-order chi connectivity index (χ0) is 15.6. The molecule has 4 rings (SSSR count). The number of fused-ring (bicyclic) bond motifs is 2. The quantitative estimate of drug-likeness (QED) is 0.418. The average Bonchev–Trinajstić information content (AvgIpc) is 2.60. The van der Waals surface area contributed by atoms with Crippen LogP contribution in [-0.2, 0) is 0 Å². The summed E-state index contributed by atoms with van der Waals surface area (Å²) in [6.07, 6.45) is 0. The monoisotopic (exact) mass is 298 g/mol. The van der Waals surface area contributed by atoms with Gasteiger partial charge in [0.2, 0.25) is 0 Å². The molecule has 4 aromatic rings. The van der Waals surface area contributed by atoms with E-state index in [1.807, 2.05) is 19.1 Å². The second-order valence-corrected chi connectivity index (χ2v) is 5.68. The molecule has 0 unspecified atom stereocenters. The van der Waals surface area contributed by atoms with Crippen molar-refractivity contribution in [3.05, 3.63) is 78.9 Å². The topological polar surface area (TPSA) is 9.23 Å². The average molecular weight is 298 g/mol. The standard InChI is InChI=1S/C22H18O/c1-2-23-20-12-10-16(11-13-20)21-9-5-8-19-14-17-6-3-4-7-18(17)15-22(19)21/h3-15H,2H2,1H3. The van der Waals surface area contributed by atoms with Crippen molar-refractivity contribution in [1.82, 2.24) is 0 Å². The minimum atomic E-state index is 0.694. The molecule has 0 aromatic heterocycles. The van der Waals surface area contributed by atoms with E-state index in [0.29, 0.717) is 6.61 Å². The predicted octanol–water partition coefficient (Wildman–Crippen LogP) is 6.06. The van der Waals surface area contributed by atoms with E-state index < -0.39 is 0 Å². The van der Waals surface area contributed by atoms with Crippen molar-refractivity contribution in [3.63, 3.8) is 0 Å². The lowest BCUT2D eigenvalue weighted by molar-refractivity contribution is 0.340. The first-order valence-corrected chi connectivity index (χ1v) is 8.00. The third-order valence-corrected chi connectivity index (χ3v) is 4.22. The molecule has 0 fully saturated rings. The van der Waals surface area contributed by atoms with Gasteiger partial charge in [0.1, 0.15) is 5.75 Å². The third kappa shape index (κ3) is 2.55. The smallest absolute Gasteiger partial charge is 0.119 e. The van der Waals surface area contributed by atoms with Crippen LogP contribution in [0.3, 0.4) is 0 Å². The number of rotatable bonds is 3. The SMILES string of the molecule is CCOc1ccc(-c2cccc3cc4ccccc4cc23)cc1. The summed E-state index contributed by atoms with van der Waals surface area (Å²) >= 11 is 0. The molecule has 0 saturated carbocycles. The highest BCUT2D eigenvalue weighted by atomic mass is 16.5. The minimum absolute atomic E-state index is 0.694. The van der Waals surface area contributed by atoms with E-state index in [2.05, 4.69) is 66.7 Å². The van der Waals surface area contributed by atoms with E-state index >= 15 is 0 Å². The van der Waals surface area contributed by atoms with Crippen molar-refractivity contribution < 1.29 is 4.74 Å². The highest BCUT2D eigenvalue weighted by molar-refractivity contribution is 6.04. The van der Waals surface area contributed by atoms with Gasteiger partial charge in [-0.25, -0.2) is 0 Å². The summed E-state index contributed by atoms with van der Waals surface area (Å²) < 4.78 is 5.54. The molecule has 1 nitrogen and oxygen atoms in total. The molecule has 0 aliphatic carbocycles.